The molecular formula is C42H77NO11P+. The van der Waals surface area contributed by atoms with E-state index in [-0.39, 0.29) is 44.2 Å². The maximum atomic E-state index is 12.8. The van der Waals surface area contributed by atoms with Crippen molar-refractivity contribution in [2.75, 3.05) is 47.5 Å². The van der Waals surface area contributed by atoms with Crippen molar-refractivity contribution in [1.29, 1.82) is 0 Å². The van der Waals surface area contributed by atoms with Gasteiger partial charge in [-0.25, -0.2) is 4.57 Å². The number of aliphatic hydroxyl groups excluding tert-OH is 2. The summed E-state index contributed by atoms with van der Waals surface area (Å²) in [6.45, 7) is 3.98. The Labute approximate surface area is 332 Å². The van der Waals surface area contributed by atoms with Crippen molar-refractivity contribution in [3.05, 3.63) is 24.3 Å². The number of unbranched alkanes of at least 4 members (excludes halogenated alkanes) is 12. The fraction of sp³-hybridized carbons (Fsp3) is 0.833. The zero-order chi connectivity index (χ0) is 41.0. The molecule has 0 aromatic heterocycles. The maximum absolute atomic E-state index is 12.8. The van der Waals surface area contributed by atoms with Crippen LogP contribution in [0.1, 0.15) is 149 Å². The van der Waals surface area contributed by atoms with Crippen LogP contribution in [0.15, 0.2) is 24.3 Å². The van der Waals surface area contributed by atoms with Crippen LogP contribution in [0.2, 0.25) is 0 Å². The summed E-state index contributed by atoms with van der Waals surface area (Å²) < 4.78 is 34.2. The number of Topliss-reactive ketones (excluding diaryl/α,β-unsaturated/α-hetero) is 1. The monoisotopic (exact) mass is 803 g/mol. The Balaban J connectivity index is 2.52. The lowest BCUT2D eigenvalue weighted by Crippen LogP contribution is -2.37. The minimum atomic E-state index is -4.44. The molecule has 1 rings (SSSR count). The number of hydrogen-bond donors (Lipinski definition) is 3. The largest absolute Gasteiger partial charge is 0.472 e. The van der Waals surface area contributed by atoms with Gasteiger partial charge in [0, 0.05) is 25.2 Å². The van der Waals surface area contributed by atoms with Gasteiger partial charge in [-0.2, -0.15) is 0 Å². The molecule has 0 aliphatic heterocycles. The molecule has 1 aliphatic carbocycles. The molecule has 1 fully saturated rings. The fourth-order valence-electron chi connectivity index (χ4n) is 6.43. The Morgan fingerprint density at radius 2 is 1.45 bits per heavy atom. The summed E-state index contributed by atoms with van der Waals surface area (Å²) in [4.78, 5) is 48.0. The van der Waals surface area contributed by atoms with Crippen molar-refractivity contribution in [3.8, 4) is 0 Å². The van der Waals surface area contributed by atoms with Gasteiger partial charge in [0.1, 0.15) is 25.5 Å². The molecule has 1 aliphatic rings. The van der Waals surface area contributed by atoms with Gasteiger partial charge in [0.2, 0.25) is 0 Å². The standard InChI is InChI=1S/C42H76NO11P/c1-6-8-10-11-12-13-14-15-16-17-22-26-41(47)51-33-36(34-53-55(49,50)52-31-30-43(3,4)5)54-42(48)27-23-19-18-21-25-37-38(40(46)32-39(37)45)29-28-35(44)24-20-9-7-2/h11-12,28-29,35-39,44-45H,6-10,13-27,30-34H2,1-5H3/p+1/b12-11-,29-28+/t35-,36+,37+,38+,39-/m0/s1. The lowest BCUT2D eigenvalue weighted by molar-refractivity contribution is -0.870. The van der Waals surface area contributed by atoms with Gasteiger partial charge >= 0.3 is 19.8 Å². The van der Waals surface area contributed by atoms with Gasteiger partial charge in [-0.3, -0.25) is 23.4 Å². The number of phosphoric ester groups is 1. The van der Waals surface area contributed by atoms with Crippen molar-refractivity contribution in [2.45, 2.75) is 167 Å². The molecule has 0 spiro atoms. The highest BCUT2D eigenvalue weighted by Gasteiger charge is 2.39. The number of quaternary nitrogens is 1. The van der Waals surface area contributed by atoms with E-state index in [0.717, 1.165) is 77.0 Å². The Bertz CT molecular complexity index is 1150. The molecule has 0 saturated heterocycles. The van der Waals surface area contributed by atoms with E-state index in [0.29, 0.717) is 36.7 Å². The molecule has 13 heteroatoms. The normalized spacial score (nSPS) is 19.9. The second-order valence-corrected chi connectivity index (χ2v) is 17.6. The number of hydrogen-bond acceptors (Lipinski definition) is 10. The summed E-state index contributed by atoms with van der Waals surface area (Å²) in [6, 6.07) is 0. The highest BCUT2D eigenvalue weighted by molar-refractivity contribution is 7.47. The van der Waals surface area contributed by atoms with Crippen LogP contribution >= 0.6 is 7.82 Å². The molecule has 1 unspecified atom stereocenters. The molecular weight excluding hydrogens is 725 g/mol. The van der Waals surface area contributed by atoms with Gasteiger partial charge in [0.15, 0.2) is 6.10 Å². The average molecular weight is 803 g/mol. The van der Waals surface area contributed by atoms with Crippen LogP contribution in [0.4, 0.5) is 0 Å². The lowest BCUT2D eigenvalue weighted by atomic mass is 9.88. The van der Waals surface area contributed by atoms with Crippen molar-refractivity contribution in [2.24, 2.45) is 11.8 Å². The van der Waals surface area contributed by atoms with Gasteiger partial charge in [-0.1, -0.05) is 109 Å². The van der Waals surface area contributed by atoms with Crippen LogP contribution in [0.5, 0.6) is 0 Å². The van der Waals surface area contributed by atoms with E-state index in [4.69, 9.17) is 18.5 Å². The summed E-state index contributed by atoms with van der Waals surface area (Å²) in [5, 5.41) is 20.8. The number of rotatable bonds is 34. The van der Waals surface area contributed by atoms with Gasteiger partial charge in [0.05, 0.1) is 40.0 Å². The smallest absolute Gasteiger partial charge is 0.462 e. The zero-order valence-corrected chi connectivity index (χ0v) is 35.8. The number of allylic oxidation sites excluding steroid dienone is 3. The quantitative estimate of drug-likeness (QED) is 0.0189. The number of carbonyl (C=O) groups excluding carboxylic acids is 3. The summed E-state index contributed by atoms with van der Waals surface area (Å²) in [7, 11) is 1.33. The van der Waals surface area contributed by atoms with E-state index in [9.17, 15) is 34.1 Å². The topological polar surface area (TPSA) is 166 Å². The number of esters is 2. The van der Waals surface area contributed by atoms with E-state index >= 15 is 0 Å². The third-order valence-corrected chi connectivity index (χ3v) is 10.8. The number of phosphoric acid groups is 1. The number of nitrogens with zero attached hydrogens (tertiary/aromatic N) is 1. The maximum Gasteiger partial charge on any atom is 0.472 e. The van der Waals surface area contributed by atoms with Gasteiger partial charge in [-0.05, 0) is 50.9 Å². The predicted octanol–water partition coefficient (Wildman–Crippen LogP) is 8.16. The molecule has 0 radical (unpaired) electrons. The number of ether oxygens (including phenoxy) is 2. The third-order valence-electron chi connectivity index (χ3n) is 9.86. The van der Waals surface area contributed by atoms with Crippen LogP contribution in [-0.4, -0.2) is 103 Å². The number of aliphatic hydroxyl groups is 2. The van der Waals surface area contributed by atoms with E-state index in [1.54, 1.807) is 12.2 Å². The molecule has 0 aromatic carbocycles. The molecule has 12 nitrogen and oxygen atoms in total. The van der Waals surface area contributed by atoms with Crippen LogP contribution in [0.25, 0.3) is 0 Å². The van der Waals surface area contributed by atoms with E-state index in [2.05, 4.69) is 26.0 Å². The number of likely N-dealkylation sites (N-methyl/N-ethyl adjacent to an activating group) is 1. The Morgan fingerprint density at radius 1 is 0.836 bits per heavy atom. The summed E-state index contributed by atoms with van der Waals surface area (Å²) in [6.07, 6.45) is 22.8. The molecule has 0 aromatic rings. The van der Waals surface area contributed by atoms with Crippen LogP contribution < -0.4 is 0 Å². The van der Waals surface area contributed by atoms with Crippen LogP contribution in [-0.2, 0) is 37.5 Å². The average Bonchev–Trinajstić information content (AvgIpc) is 3.39. The Morgan fingerprint density at radius 3 is 2.13 bits per heavy atom. The molecule has 3 N–H and O–H groups in total. The molecule has 55 heavy (non-hydrogen) atoms. The van der Waals surface area contributed by atoms with Crippen LogP contribution in [0, 0.1) is 11.8 Å². The summed E-state index contributed by atoms with van der Waals surface area (Å²) >= 11 is 0. The molecule has 0 amide bonds. The summed E-state index contributed by atoms with van der Waals surface area (Å²) in [5.74, 6) is -1.55. The van der Waals surface area contributed by atoms with Crippen LogP contribution in [0.3, 0.4) is 0 Å². The van der Waals surface area contributed by atoms with Crippen molar-refractivity contribution in [1.82, 2.24) is 0 Å². The SMILES string of the molecule is CCCC/C=C\CCCCCCCC(=O)OC[C@H](COP(=O)(O)OCC[N+](C)(C)C)OC(=O)CCCCCC[C@H]1[C@@H](O)CC(=O)[C@@H]1/C=C/[C@@H](O)CCCCC. The molecule has 320 valence electrons. The van der Waals surface area contributed by atoms with E-state index in [1.165, 1.54) is 12.8 Å². The minimum absolute atomic E-state index is 0.00173. The molecule has 0 bridgehead atoms. The predicted molar refractivity (Wildman–Crippen MR) is 216 cm³/mol. The van der Waals surface area contributed by atoms with Gasteiger partial charge in [-0.15, -0.1) is 0 Å². The van der Waals surface area contributed by atoms with Crippen molar-refractivity contribution in [3.63, 3.8) is 0 Å². The molecule has 6 atom stereocenters. The Hall–Kier alpha value is -1.92. The Kier molecular flexibility index (Phi) is 28.1. The minimum Gasteiger partial charge on any atom is -0.462 e. The number of carbonyl (C=O) groups is 3. The second kappa shape index (κ2) is 30.2. The first-order chi connectivity index (χ1) is 26.2. The first-order valence-electron chi connectivity index (χ1n) is 21.2. The third kappa shape index (κ3) is 27.4. The fourth-order valence-corrected chi connectivity index (χ4v) is 7.17. The van der Waals surface area contributed by atoms with E-state index in [1.807, 2.05) is 21.1 Å². The van der Waals surface area contributed by atoms with Crippen molar-refractivity contribution < 1.29 is 57.1 Å². The molecule has 1 saturated carbocycles. The zero-order valence-electron chi connectivity index (χ0n) is 34.9. The number of ketones is 1. The second-order valence-electron chi connectivity index (χ2n) is 16.2. The van der Waals surface area contributed by atoms with Crippen molar-refractivity contribution >= 4 is 25.5 Å². The lowest BCUT2D eigenvalue weighted by Gasteiger charge is -2.24. The highest BCUT2D eigenvalue weighted by atomic mass is 31.2. The molecule has 0 heterocycles. The first-order valence-corrected chi connectivity index (χ1v) is 22.7. The highest BCUT2D eigenvalue weighted by Crippen LogP contribution is 2.43. The first kappa shape index (κ1) is 51.1. The summed E-state index contributed by atoms with van der Waals surface area (Å²) in [5.41, 5.74) is 0. The van der Waals surface area contributed by atoms with Gasteiger partial charge < -0.3 is 29.1 Å². The van der Waals surface area contributed by atoms with Gasteiger partial charge in [0.25, 0.3) is 0 Å². The van der Waals surface area contributed by atoms with E-state index < -0.39 is 50.6 Å².